The van der Waals surface area contributed by atoms with Crippen molar-refractivity contribution >= 4 is 45.3 Å². The number of hydrogen-bond donors (Lipinski definition) is 2. The van der Waals surface area contributed by atoms with Crippen molar-refractivity contribution in [1.29, 1.82) is 0 Å². The number of thioether (sulfide) groups is 1. The van der Waals surface area contributed by atoms with Crippen LogP contribution in [0.3, 0.4) is 0 Å². The van der Waals surface area contributed by atoms with E-state index in [2.05, 4.69) is 17.6 Å². The SMILES string of the molecule is CCCCCn1c(SCC(=O)NC(=O)NC)nc2sc3c(c2c1=O)CCCC3. The lowest BCUT2D eigenvalue weighted by molar-refractivity contribution is -0.117. The summed E-state index contributed by atoms with van der Waals surface area (Å²) in [5, 5.41) is 5.92. The van der Waals surface area contributed by atoms with E-state index in [0.717, 1.165) is 55.2 Å². The first-order chi connectivity index (χ1) is 13.5. The predicted octanol–water partition coefficient (Wildman–Crippen LogP) is 3.07. The Morgan fingerprint density at radius 3 is 2.79 bits per heavy atom. The fraction of sp³-hybridized carbons (Fsp3) is 0.579. The maximum absolute atomic E-state index is 13.3. The second-order valence-electron chi connectivity index (χ2n) is 6.87. The Kier molecular flexibility index (Phi) is 7.12. The highest BCUT2D eigenvalue weighted by atomic mass is 32.2. The first-order valence-corrected chi connectivity index (χ1v) is 11.5. The van der Waals surface area contributed by atoms with E-state index in [0.29, 0.717) is 11.7 Å². The van der Waals surface area contributed by atoms with Crippen molar-refractivity contribution in [2.45, 2.75) is 63.6 Å². The van der Waals surface area contributed by atoms with Crippen LogP contribution in [0.25, 0.3) is 10.2 Å². The summed E-state index contributed by atoms with van der Waals surface area (Å²) in [6, 6.07) is -0.541. The van der Waals surface area contributed by atoms with E-state index >= 15 is 0 Å². The van der Waals surface area contributed by atoms with E-state index in [4.69, 9.17) is 4.98 Å². The summed E-state index contributed by atoms with van der Waals surface area (Å²) >= 11 is 2.82. The van der Waals surface area contributed by atoms with Crippen molar-refractivity contribution in [3.05, 3.63) is 20.8 Å². The maximum Gasteiger partial charge on any atom is 0.321 e. The number of nitrogens with one attached hydrogen (secondary N) is 2. The highest BCUT2D eigenvalue weighted by Crippen LogP contribution is 2.34. The summed E-state index contributed by atoms with van der Waals surface area (Å²) < 4.78 is 1.72. The number of rotatable bonds is 7. The number of carbonyl (C=O) groups excluding carboxylic acids is 2. The molecule has 2 N–H and O–H groups in total. The van der Waals surface area contributed by atoms with Crippen molar-refractivity contribution in [2.24, 2.45) is 0 Å². The average Bonchev–Trinajstić information content (AvgIpc) is 3.06. The van der Waals surface area contributed by atoms with Gasteiger partial charge in [0.05, 0.1) is 11.1 Å². The van der Waals surface area contributed by atoms with Crippen LogP contribution in [0, 0.1) is 0 Å². The van der Waals surface area contributed by atoms with Crippen LogP contribution in [0.5, 0.6) is 0 Å². The molecular weight excluding hydrogens is 396 g/mol. The van der Waals surface area contributed by atoms with Crippen LogP contribution < -0.4 is 16.2 Å². The molecule has 2 aromatic rings. The zero-order valence-electron chi connectivity index (χ0n) is 16.3. The molecule has 7 nitrogen and oxygen atoms in total. The second kappa shape index (κ2) is 9.56. The smallest absolute Gasteiger partial charge is 0.321 e. The Labute approximate surface area is 172 Å². The molecule has 0 aliphatic heterocycles. The number of imide groups is 1. The van der Waals surface area contributed by atoms with Gasteiger partial charge in [0.1, 0.15) is 4.83 Å². The summed E-state index contributed by atoms with van der Waals surface area (Å²) in [5.74, 6) is -0.381. The molecule has 152 valence electrons. The van der Waals surface area contributed by atoms with Crippen molar-refractivity contribution in [3.63, 3.8) is 0 Å². The molecule has 0 aromatic carbocycles. The monoisotopic (exact) mass is 422 g/mol. The quantitative estimate of drug-likeness (QED) is 0.406. The van der Waals surface area contributed by atoms with Crippen LogP contribution in [0.4, 0.5) is 4.79 Å². The lowest BCUT2D eigenvalue weighted by Gasteiger charge is -2.13. The minimum Gasteiger partial charge on any atom is -0.341 e. The van der Waals surface area contributed by atoms with Crippen LogP contribution in [0.15, 0.2) is 9.95 Å². The van der Waals surface area contributed by atoms with Gasteiger partial charge in [0.25, 0.3) is 5.56 Å². The molecule has 2 aromatic heterocycles. The third-order valence-electron chi connectivity index (χ3n) is 4.84. The van der Waals surface area contributed by atoms with Gasteiger partial charge in [-0.2, -0.15) is 0 Å². The minimum absolute atomic E-state index is 0.00899. The number of aromatic nitrogens is 2. The number of aryl methyl sites for hydroxylation is 2. The van der Waals surface area contributed by atoms with E-state index in [1.165, 1.54) is 29.3 Å². The number of urea groups is 1. The van der Waals surface area contributed by atoms with Gasteiger partial charge < -0.3 is 5.32 Å². The third-order valence-corrected chi connectivity index (χ3v) is 7.00. The number of unbranched alkanes of at least 4 members (excludes halogenated alkanes) is 2. The summed E-state index contributed by atoms with van der Waals surface area (Å²) in [6.45, 7) is 2.72. The Hall–Kier alpha value is -1.87. The Morgan fingerprint density at radius 1 is 1.25 bits per heavy atom. The number of carbonyl (C=O) groups is 2. The van der Waals surface area contributed by atoms with Crippen LogP contribution in [0.2, 0.25) is 0 Å². The molecule has 0 atom stereocenters. The minimum atomic E-state index is -0.541. The van der Waals surface area contributed by atoms with Crippen molar-refractivity contribution < 1.29 is 9.59 Å². The van der Waals surface area contributed by atoms with E-state index in [-0.39, 0.29) is 11.3 Å². The van der Waals surface area contributed by atoms with Crippen LogP contribution >= 0.6 is 23.1 Å². The number of amides is 3. The topological polar surface area (TPSA) is 93.1 Å². The van der Waals surface area contributed by atoms with Gasteiger partial charge in [-0.1, -0.05) is 31.5 Å². The predicted molar refractivity (Wildman–Crippen MR) is 113 cm³/mol. The first kappa shape index (κ1) is 20.9. The second-order valence-corrected chi connectivity index (χ2v) is 8.89. The van der Waals surface area contributed by atoms with Crippen LogP contribution in [-0.4, -0.2) is 34.3 Å². The van der Waals surface area contributed by atoms with Gasteiger partial charge in [-0.15, -0.1) is 11.3 Å². The molecule has 0 unspecified atom stereocenters. The van der Waals surface area contributed by atoms with Crippen LogP contribution in [0.1, 0.15) is 49.5 Å². The molecule has 2 heterocycles. The highest BCUT2D eigenvalue weighted by molar-refractivity contribution is 7.99. The molecule has 28 heavy (non-hydrogen) atoms. The number of thiophene rings is 1. The number of fused-ring (bicyclic) bond motifs is 3. The summed E-state index contributed by atoms with van der Waals surface area (Å²) in [7, 11) is 1.45. The standard InChI is InChI=1S/C19H26N4O3S2/c1-3-4-7-10-23-17(25)15-12-8-5-6-9-13(12)28-16(15)22-19(23)27-11-14(24)21-18(26)20-2/h3-11H2,1-2H3,(H2,20,21,24,26). The van der Waals surface area contributed by atoms with Crippen LogP contribution in [-0.2, 0) is 24.2 Å². The lowest BCUT2D eigenvalue weighted by atomic mass is 9.97. The van der Waals surface area contributed by atoms with Gasteiger partial charge >= 0.3 is 6.03 Å². The molecule has 0 fully saturated rings. The Bertz CT molecular complexity index is 935. The van der Waals surface area contributed by atoms with Crippen molar-refractivity contribution in [3.8, 4) is 0 Å². The zero-order valence-corrected chi connectivity index (χ0v) is 17.9. The Morgan fingerprint density at radius 2 is 2.04 bits per heavy atom. The fourth-order valence-electron chi connectivity index (χ4n) is 3.40. The van der Waals surface area contributed by atoms with Gasteiger partial charge in [-0.3, -0.25) is 19.5 Å². The average molecular weight is 423 g/mol. The highest BCUT2D eigenvalue weighted by Gasteiger charge is 2.22. The molecule has 0 spiro atoms. The number of hydrogen-bond acceptors (Lipinski definition) is 6. The van der Waals surface area contributed by atoms with Gasteiger partial charge in [0.2, 0.25) is 5.91 Å². The largest absolute Gasteiger partial charge is 0.341 e. The van der Waals surface area contributed by atoms with Gasteiger partial charge in [-0.05, 0) is 37.7 Å². The lowest BCUT2D eigenvalue weighted by Crippen LogP contribution is -2.38. The maximum atomic E-state index is 13.3. The molecule has 0 bridgehead atoms. The summed E-state index contributed by atoms with van der Waals surface area (Å²) in [4.78, 5) is 43.4. The molecule has 0 radical (unpaired) electrons. The van der Waals surface area contributed by atoms with Gasteiger partial charge in [-0.25, -0.2) is 9.78 Å². The van der Waals surface area contributed by atoms with Crippen molar-refractivity contribution in [2.75, 3.05) is 12.8 Å². The first-order valence-electron chi connectivity index (χ1n) is 9.74. The number of nitrogens with zero attached hydrogens (tertiary/aromatic N) is 2. The van der Waals surface area contributed by atoms with E-state index < -0.39 is 11.9 Å². The summed E-state index contributed by atoms with van der Waals surface area (Å²) in [6.07, 6.45) is 7.23. The molecule has 0 saturated heterocycles. The van der Waals surface area contributed by atoms with Gasteiger partial charge in [0.15, 0.2) is 5.16 Å². The summed E-state index contributed by atoms with van der Waals surface area (Å²) in [5.41, 5.74) is 1.19. The molecule has 3 amide bonds. The fourth-order valence-corrected chi connectivity index (χ4v) is 5.53. The van der Waals surface area contributed by atoms with E-state index in [1.807, 2.05) is 0 Å². The Balaban J connectivity index is 1.92. The van der Waals surface area contributed by atoms with E-state index in [1.54, 1.807) is 15.9 Å². The molecule has 1 aliphatic carbocycles. The normalized spacial score (nSPS) is 13.4. The molecular formula is C19H26N4O3S2. The molecule has 0 saturated carbocycles. The van der Waals surface area contributed by atoms with Gasteiger partial charge in [0, 0.05) is 18.5 Å². The molecule has 9 heteroatoms. The zero-order chi connectivity index (χ0) is 20.1. The molecule has 3 rings (SSSR count). The third kappa shape index (κ3) is 4.57. The van der Waals surface area contributed by atoms with Crippen molar-refractivity contribution in [1.82, 2.24) is 20.2 Å². The molecule has 1 aliphatic rings. The van der Waals surface area contributed by atoms with E-state index in [9.17, 15) is 14.4 Å².